The number of nitrogens with one attached hydrogen (secondary N) is 2. The van der Waals surface area contributed by atoms with Gasteiger partial charge < -0.3 is 41.0 Å². The number of allylic oxidation sites excluding steroid dienone is 2. The van der Waals surface area contributed by atoms with E-state index in [4.69, 9.17) is 43.4 Å². The van der Waals surface area contributed by atoms with Crippen molar-refractivity contribution in [3.8, 4) is 28.3 Å². The van der Waals surface area contributed by atoms with Crippen LogP contribution in [0, 0.1) is 0 Å². The van der Waals surface area contributed by atoms with Crippen molar-refractivity contribution in [3.63, 3.8) is 0 Å². The Morgan fingerprint density at radius 2 is 1.55 bits per heavy atom. The summed E-state index contributed by atoms with van der Waals surface area (Å²) in [7, 11) is 3.27. The van der Waals surface area contributed by atoms with Gasteiger partial charge in [0, 0.05) is 77.3 Å². The average molecular weight is 736 g/mol. The number of hydrogen-bond donors (Lipinski definition) is 5. The van der Waals surface area contributed by atoms with Crippen molar-refractivity contribution in [2.24, 2.45) is 5.73 Å². The van der Waals surface area contributed by atoms with Crippen molar-refractivity contribution in [2.45, 2.75) is 82.2 Å². The van der Waals surface area contributed by atoms with Gasteiger partial charge in [-0.15, -0.1) is 0 Å². The van der Waals surface area contributed by atoms with Gasteiger partial charge >= 0.3 is 0 Å². The Morgan fingerprint density at radius 3 is 2.24 bits per heavy atom. The summed E-state index contributed by atoms with van der Waals surface area (Å²) >= 11 is 14.3. The molecule has 0 atom stereocenters. The standard InChI is InChI=1S/C39H48Cl2N6O4/c1-50-31-18-25(21-47(23-31)22-26(42)20-45-28-9-13-30(49)14-10-28)38-37(41)33(16-17-43-38)32-4-3-5-34(36(32)40)35-15-6-24(39(46-35)51-2)19-44-27-7-11-29(48)12-8-27/h3-6,15-18,21-22,27-30,44-45,48-49H,7-14,19-20,23,42H2,1-2H3/b26-22-. The lowest BCUT2D eigenvalue weighted by atomic mass is 9.93. The predicted molar refractivity (Wildman–Crippen MR) is 203 cm³/mol. The summed E-state index contributed by atoms with van der Waals surface area (Å²) in [5.41, 5.74) is 12.4. The maximum Gasteiger partial charge on any atom is 0.218 e. The van der Waals surface area contributed by atoms with Crippen molar-refractivity contribution in [3.05, 3.63) is 93.8 Å². The zero-order valence-electron chi connectivity index (χ0n) is 29.2. The number of nitrogens with zero attached hydrogens (tertiary/aromatic N) is 3. The zero-order valence-corrected chi connectivity index (χ0v) is 30.8. The fourth-order valence-corrected chi connectivity index (χ4v) is 7.70. The summed E-state index contributed by atoms with van der Waals surface area (Å²) < 4.78 is 11.4. The topological polar surface area (TPSA) is 138 Å². The summed E-state index contributed by atoms with van der Waals surface area (Å²) in [6.07, 6.45) is 14.2. The first-order valence-electron chi connectivity index (χ1n) is 17.7. The van der Waals surface area contributed by atoms with E-state index in [0.29, 0.717) is 64.7 Å². The van der Waals surface area contributed by atoms with Gasteiger partial charge in [-0.25, -0.2) is 4.98 Å². The van der Waals surface area contributed by atoms with Gasteiger partial charge in [0.15, 0.2) is 0 Å². The van der Waals surface area contributed by atoms with Gasteiger partial charge in [-0.1, -0.05) is 47.5 Å². The lowest BCUT2D eigenvalue weighted by Gasteiger charge is -2.27. The van der Waals surface area contributed by atoms with Gasteiger partial charge in [0.05, 0.1) is 54.4 Å². The predicted octanol–water partition coefficient (Wildman–Crippen LogP) is 6.40. The highest BCUT2D eigenvalue weighted by molar-refractivity contribution is 6.38. The molecule has 1 aliphatic heterocycles. The van der Waals surface area contributed by atoms with E-state index in [0.717, 1.165) is 85.0 Å². The van der Waals surface area contributed by atoms with Gasteiger partial charge in [0.2, 0.25) is 5.88 Å². The quantitative estimate of drug-likeness (QED) is 0.142. The Hall–Kier alpha value is -3.64. The van der Waals surface area contributed by atoms with Crippen LogP contribution in [0.1, 0.15) is 62.6 Å². The van der Waals surface area contributed by atoms with Crippen molar-refractivity contribution >= 4 is 28.8 Å². The molecule has 1 aromatic carbocycles. The molecule has 3 heterocycles. The molecule has 3 aliphatic rings. The van der Waals surface area contributed by atoms with Crippen LogP contribution in [-0.2, 0) is 11.3 Å². The van der Waals surface area contributed by atoms with E-state index in [1.54, 1.807) is 20.4 Å². The van der Waals surface area contributed by atoms with Crippen LogP contribution in [0.4, 0.5) is 0 Å². The second-order valence-corrected chi connectivity index (χ2v) is 14.4. The van der Waals surface area contributed by atoms with Gasteiger partial charge in [-0.2, -0.15) is 0 Å². The molecule has 51 heavy (non-hydrogen) atoms. The maximum absolute atomic E-state index is 9.84. The molecule has 0 saturated heterocycles. The molecular formula is C39H48Cl2N6O4. The first kappa shape index (κ1) is 37.1. The summed E-state index contributed by atoms with van der Waals surface area (Å²) in [5.74, 6) is 1.28. The molecule has 0 spiro atoms. The third-order valence-corrected chi connectivity index (χ3v) is 10.8. The van der Waals surface area contributed by atoms with Crippen LogP contribution in [0.5, 0.6) is 5.88 Å². The molecule has 0 radical (unpaired) electrons. The minimum Gasteiger partial charge on any atom is -0.499 e. The largest absolute Gasteiger partial charge is 0.499 e. The highest BCUT2D eigenvalue weighted by Crippen LogP contribution is 2.41. The van der Waals surface area contributed by atoms with E-state index < -0.39 is 0 Å². The van der Waals surface area contributed by atoms with Crippen molar-refractivity contribution in [1.29, 1.82) is 0 Å². The minimum atomic E-state index is -0.193. The molecule has 2 aromatic heterocycles. The van der Waals surface area contributed by atoms with Crippen LogP contribution in [0.3, 0.4) is 0 Å². The number of aliphatic hydroxyl groups is 2. The molecule has 2 saturated carbocycles. The molecule has 12 heteroatoms. The van der Waals surface area contributed by atoms with Gasteiger partial charge in [0.25, 0.3) is 0 Å². The van der Waals surface area contributed by atoms with Crippen molar-refractivity contribution in [2.75, 3.05) is 27.3 Å². The molecule has 3 aromatic rings. The fourth-order valence-electron chi connectivity index (χ4n) is 7.05. The number of halogens is 2. The second-order valence-electron chi connectivity index (χ2n) is 13.6. The number of rotatable bonds is 12. The summed E-state index contributed by atoms with van der Waals surface area (Å²) in [5, 5.41) is 27.7. The molecule has 10 nitrogen and oxygen atoms in total. The average Bonchev–Trinajstić information content (AvgIpc) is 3.14. The van der Waals surface area contributed by atoms with Crippen molar-refractivity contribution in [1.82, 2.24) is 25.5 Å². The third kappa shape index (κ3) is 9.24. The Balaban J connectivity index is 1.22. The minimum absolute atomic E-state index is 0.188. The molecule has 0 unspecified atom stereocenters. The van der Waals surface area contributed by atoms with Gasteiger partial charge in [0.1, 0.15) is 5.76 Å². The van der Waals surface area contributed by atoms with Crippen LogP contribution >= 0.6 is 23.2 Å². The highest BCUT2D eigenvalue weighted by atomic mass is 35.5. The summed E-state index contributed by atoms with van der Waals surface area (Å²) in [6.45, 7) is 1.68. The smallest absolute Gasteiger partial charge is 0.218 e. The summed E-state index contributed by atoms with van der Waals surface area (Å²) in [4.78, 5) is 11.5. The number of methoxy groups -OCH3 is 2. The van der Waals surface area contributed by atoms with Gasteiger partial charge in [-0.05, 0) is 69.6 Å². The van der Waals surface area contributed by atoms with Crippen molar-refractivity contribution < 1.29 is 19.7 Å². The monoisotopic (exact) mass is 734 g/mol. The summed E-state index contributed by atoms with van der Waals surface area (Å²) in [6, 6.07) is 12.4. The van der Waals surface area contributed by atoms with E-state index in [-0.39, 0.29) is 12.2 Å². The maximum atomic E-state index is 9.84. The molecule has 2 aliphatic carbocycles. The molecule has 2 fully saturated rings. The second kappa shape index (κ2) is 17.3. The molecule has 0 bridgehead atoms. The van der Waals surface area contributed by atoms with E-state index in [9.17, 15) is 10.2 Å². The van der Waals surface area contributed by atoms with E-state index in [1.165, 1.54) is 0 Å². The van der Waals surface area contributed by atoms with Crippen LogP contribution in [0.15, 0.2) is 72.5 Å². The van der Waals surface area contributed by atoms with E-state index in [2.05, 4.69) is 15.6 Å². The molecular weight excluding hydrogens is 687 g/mol. The van der Waals surface area contributed by atoms with Gasteiger partial charge in [-0.3, -0.25) is 4.98 Å². The van der Waals surface area contributed by atoms with E-state index in [1.807, 2.05) is 59.8 Å². The number of hydrogen-bond acceptors (Lipinski definition) is 10. The van der Waals surface area contributed by atoms with Crippen LogP contribution in [0.25, 0.3) is 28.0 Å². The Bertz CT molecular complexity index is 1770. The Labute approximate surface area is 310 Å². The SMILES string of the molecule is COC1=CC(c2nccc(-c3cccc(-c4ccc(CNC5CCC(O)CC5)c(OC)n4)c3Cl)c2Cl)=CN(/C=C(\N)CNC2CCC(O)CC2)C1. The first-order chi connectivity index (χ1) is 24.7. The molecule has 6 rings (SSSR count). The van der Waals surface area contributed by atoms with Crippen LogP contribution < -0.4 is 21.1 Å². The number of ether oxygens (including phenoxy) is 2. The van der Waals surface area contributed by atoms with E-state index >= 15 is 0 Å². The number of pyridine rings is 2. The molecule has 6 N–H and O–H groups in total. The fraction of sp³-hybridized carbons (Fsp3) is 0.436. The van der Waals surface area contributed by atoms with Crippen LogP contribution in [-0.4, -0.2) is 76.7 Å². The Morgan fingerprint density at radius 1 is 0.882 bits per heavy atom. The zero-order chi connectivity index (χ0) is 35.9. The highest BCUT2D eigenvalue weighted by Gasteiger charge is 2.23. The normalized spacial score (nSPS) is 22.7. The van der Waals surface area contributed by atoms with Crippen LogP contribution in [0.2, 0.25) is 10.0 Å². The lowest BCUT2D eigenvalue weighted by Crippen LogP contribution is -2.37. The molecule has 272 valence electrons. The Kier molecular flexibility index (Phi) is 12.6. The third-order valence-electron chi connectivity index (χ3n) is 9.98. The number of benzene rings is 1. The number of aliphatic hydroxyl groups excluding tert-OH is 2. The first-order valence-corrected chi connectivity index (χ1v) is 18.5. The molecule has 0 amide bonds. The number of nitrogens with two attached hydrogens (primary N) is 1. The number of aromatic nitrogens is 2. The lowest BCUT2D eigenvalue weighted by molar-refractivity contribution is 0.116.